The molecule has 5 nitrogen and oxygen atoms in total. The van der Waals surface area contributed by atoms with E-state index in [9.17, 15) is 13.2 Å². The quantitative estimate of drug-likeness (QED) is 0.808. The third-order valence-corrected chi connectivity index (χ3v) is 4.91. The second-order valence-electron chi connectivity index (χ2n) is 5.93. The normalized spacial score (nSPS) is 11.5. The highest BCUT2D eigenvalue weighted by Crippen LogP contribution is 2.14. The SMILES string of the molecule is CC(C)CCNS(=O)(=O)c1cccc(C(=O)Nc2ccccc2)c1. The van der Waals surface area contributed by atoms with Gasteiger partial charge in [-0.15, -0.1) is 0 Å². The van der Waals surface area contributed by atoms with Gasteiger partial charge < -0.3 is 5.32 Å². The van der Waals surface area contributed by atoms with Gasteiger partial charge >= 0.3 is 0 Å². The van der Waals surface area contributed by atoms with Crippen LogP contribution in [0.3, 0.4) is 0 Å². The molecule has 0 saturated heterocycles. The predicted octanol–water partition coefficient (Wildman–Crippen LogP) is 3.26. The molecule has 0 unspecified atom stereocenters. The van der Waals surface area contributed by atoms with E-state index in [1.807, 2.05) is 32.0 Å². The standard InChI is InChI=1S/C18H22N2O3S/c1-14(2)11-12-19-24(22,23)17-10-6-7-15(13-17)18(21)20-16-8-4-3-5-9-16/h3-10,13-14,19H,11-12H2,1-2H3,(H,20,21). The van der Waals surface area contributed by atoms with Crippen LogP contribution in [0, 0.1) is 5.92 Å². The van der Waals surface area contributed by atoms with E-state index in [0.29, 0.717) is 23.7 Å². The molecule has 6 heteroatoms. The maximum Gasteiger partial charge on any atom is 0.255 e. The first-order chi connectivity index (χ1) is 11.4. The van der Waals surface area contributed by atoms with Crippen molar-refractivity contribution in [3.63, 3.8) is 0 Å². The first-order valence-electron chi connectivity index (χ1n) is 7.84. The van der Waals surface area contributed by atoms with Crippen molar-refractivity contribution in [3.05, 3.63) is 60.2 Å². The molecule has 0 aliphatic rings. The molecule has 128 valence electrons. The summed E-state index contributed by atoms with van der Waals surface area (Å²) in [4.78, 5) is 12.4. The molecule has 24 heavy (non-hydrogen) atoms. The van der Waals surface area contributed by atoms with Gasteiger partial charge in [0.1, 0.15) is 0 Å². The van der Waals surface area contributed by atoms with Crippen LogP contribution in [-0.4, -0.2) is 20.9 Å². The minimum atomic E-state index is -3.61. The Labute approximate surface area is 143 Å². The Balaban J connectivity index is 2.11. The molecule has 0 atom stereocenters. The second-order valence-corrected chi connectivity index (χ2v) is 7.70. The molecule has 2 aromatic rings. The van der Waals surface area contributed by atoms with E-state index < -0.39 is 10.0 Å². The minimum Gasteiger partial charge on any atom is -0.322 e. The first kappa shape index (κ1) is 18.2. The topological polar surface area (TPSA) is 75.3 Å². The van der Waals surface area contributed by atoms with Crippen LogP contribution >= 0.6 is 0 Å². The molecular formula is C18H22N2O3S. The van der Waals surface area contributed by atoms with Crippen molar-refractivity contribution in [2.75, 3.05) is 11.9 Å². The Bertz CT molecular complexity index is 787. The molecule has 2 rings (SSSR count). The molecule has 0 spiro atoms. The number of sulfonamides is 1. The highest BCUT2D eigenvalue weighted by molar-refractivity contribution is 7.89. The summed E-state index contributed by atoms with van der Waals surface area (Å²) in [5, 5.41) is 2.74. The smallest absolute Gasteiger partial charge is 0.255 e. The van der Waals surface area contributed by atoms with Gasteiger partial charge in [0.15, 0.2) is 0 Å². The van der Waals surface area contributed by atoms with Crippen LogP contribution in [0.4, 0.5) is 5.69 Å². The van der Waals surface area contributed by atoms with E-state index in [2.05, 4.69) is 10.0 Å². The number of carbonyl (C=O) groups excluding carboxylic acids is 1. The molecule has 2 N–H and O–H groups in total. The van der Waals surface area contributed by atoms with E-state index in [-0.39, 0.29) is 10.8 Å². The Kier molecular flexibility index (Phi) is 6.11. The number of rotatable bonds is 7. The molecule has 0 fully saturated rings. The van der Waals surface area contributed by atoms with Crippen LogP contribution in [0.15, 0.2) is 59.5 Å². The van der Waals surface area contributed by atoms with Crippen molar-refractivity contribution in [2.45, 2.75) is 25.2 Å². The van der Waals surface area contributed by atoms with Gasteiger partial charge in [0.05, 0.1) is 4.90 Å². The summed E-state index contributed by atoms with van der Waals surface area (Å²) in [5.74, 6) is 0.0658. The molecule has 2 aromatic carbocycles. The summed E-state index contributed by atoms with van der Waals surface area (Å²) in [7, 11) is -3.61. The van der Waals surface area contributed by atoms with Gasteiger partial charge in [-0.25, -0.2) is 13.1 Å². The van der Waals surface area contributed by atoms with Gasteiger partial charge in [-0.2, -0.15) is 0 Å². The monoisotopic (exact) mass is 346 g/mol. The highest BCUT2D eigenvalue weighted by Gasteiger charge is 2.16. The number of anilines is 1. The van der Waals surface area contributed by atoms with Gasteiger partial charge in [-0.3, -0.25) is 4.79 Å². The Morgan fingerprint density at radius 2 is 1.75 bits per heavy atom. The van der Waals surface area contributed by atoms with Gasteiger partial charge in [0, 0.05) is 17.8 Å². The van der Waals surface area contributed by atoms with E-state index in [1.165, 1.54) is 12.1 Å². The van der Waals surface area contributed by atoms with Crippen LogP contribution in [0.25, 0.3) is 0 Å². The van der Waals surface area contributed by atoms with Crippen LogP contribution in [-0.2, 0) is 10.0 Å². The summed E-state index contributed by atoms with van der Waals surface area (Å²) in [5.41, 5.74) is 0.955. The number of amides is 1. The molecular weight excluding hydrogens is 324 g/mol. The second kappa shape index (κ2) is 8.08. The van der Waals surface area contributed by atoms with E-state index in [0.717, 1.165) is 6.42 Å². The average molecular weight is 346 g/mol. The molecule has 0 radical (unpaired) electrons. The Morgan fingerprint density at radius 3 is 2.42 bits per heavy atom. The summed E-state index contributed by atoms with van der Waals surface area (Å²) in [6.45, 7) is 4.44. The van der Waals surface area contributed by atoms with Crippen molar-refractivity contribution in [3.8, 4) is 0 Å². The molecule has 0 aromatic heterocycles. The zero-order valence-electron chi connectivity index (χ0n) is 13.8. The fourth-order valence-electron chi connectivity index (χ4n) is 2.09. The lowest BCUT2D eigenvalue weighted by Crippen LogP contribution is -2.26. The predicted molar refractivity (Wildman–Crippen MR) is 95.5 cm³/mol. The van der Waals surface area contributed by atoms with Crippen molar-refractivity contribution in [1.29, 1.82) is 0 Å². The van der Waals surface area contributed by atoms with E-state index in [1.54, 1.807) is 24.3 Å². The fourth-order valence-corrected chi connectivity index (χ4v) is 3.19. The number of para-hydroxylation sites is 1. The summed E-state index contributed by atoms with van der Waals surface area (Å²) in [6.07, 6.45) is 0.757. The minimum absolute atomic E-state index is 0.0898. The number of carbonyl (C=O) groups is 1. The summed E-state index contributed by atoms with van der Waals surface area (Å²) < 4.78 is 27.2. The lowest BCUT2D eigenvalue weighted by molar-refractivity contribution is 0.102. The lowest BCUT2D eigenvalue weighted by atomic mass is 10.1. The number of nitrogens with one attached hydrogen (secondary N) is 2. The highest BCUT2D eigenvalue weighted by atomic mass is 32.2. The number of hydrogen-bond acceptors (Lipinski definition) is 3. The van der Waals surface area contributed by atoms with Crippen LogP contribution in [0.2, 0.25) is 0 Å². The first-order valence-corrected chi connectivity index (χ1v) is 9.33. The zero-order valence-corrected chi connectivity index (χ0v) is 14.6. The average Bonchev–Trinajstić information content (AvgIpc) is 2.55. The van der Waals surface area contributed by atoms with Crippen molar-refractivity contribution >= 4 is 21.6 Å². The van der Waals surface area contributed by atoms with E-state index in [4.69, 9.17) is 0 Å². The molecule has 0 saturated carbocycles. The van der Waals surface area contributed by atoms with Crippen LogP contribution in [0.5, 0.6) is 0 Å². The van der Waals surface area contributed by atoms with Crippen LogP contribution < -0.4 is 10.0 Å². The molecule has 1 amide bonds. The summed E-state index contributed by atoms with van der Waals surface area (Å²) >= 11 is 0. The van der Waals surface area contributed by atoms with Gasteiger partial charge in [-0.1, -0.05) is 38.1 Å². The number of hydrogen-bond donors (Lipinski definition) is 2. The van der Waals surface area contributed by atoms with Gasteiger partial charge in [0.2, 0.25) is 10.0 Å². The van der Waals surface area contributed by atoms with Gasteiger partial charge in [-0.05, 0) is 42.7 Å². The molecule has 0 aliphatic heterocycles. The summed E-state index contributed by atoms with van der Waals surface area (Å²) in [6, 6.07) is 15.0. The molecule has 0 bridgehead atoms. The van der Waals surface area contributed by atoms with Crippen molar-refractivity contribution in [1.82, 2.24) is 4.72 Å². The molecule has 0 heterocycles. The Hall–Kier alpha value is -2.18. The van der Waals surface area contributed by atoms with Crippen molar-refractivity contribution in [2.24, 2.45) is 5.92 Å². The van der Waals surface area contributed by atoms with Crippen molar-refractivity contribution < 1.29 is 13.2 Å². The third-order valence-electron chi connectivity index (χ3n) is 3.45. The maximum absolute atomic E-state index is 12.3. The molecule has 0 aliphatic carbocycles. The lowest BCUT2D eigenvalue weighted by Gasteiger charge is -2.10. The van der Waals surface area contributed by atoms with Gasteiger partial charge in [0.25, 0.3) is 5.91 Å². The largest absolute Gasteiger partial charge is 0.322 e. The zero-order chi connectivity index (χ0) is 17.6. The Morgan fingerprint density at radius 1 is 1.04 bits per heavy atom. The maximum atomic E-state index is 12.3. The van der Waals surface area contributed by atoms with E-state index >= 15 is 0 Å². The number of benzene rings is 2. The fraction of sp³-hybridized carbons (Fsp3) is 0.278. The third kappa shape index (κ3) is 5.18. The van der Waals surface area contributed by atoms with Crippen LogP contribution in [0.1, 0.15) is 30.6 Å².